The van der Waals surface area contributed by atoms with Gasteiger partial charge in [-0.25, -0.2) is 4.98 Å². The number of rotatable bonds is 1. The minimum Gasteiger partial charge on any atom is -0.397 e. The van der Waals surface area contributed by atoms with Gasteiger partial charge < -0.3 is 15.5 Å². The predicted molar refractivity (Wildman–Crippen MR) is 83.1 cm³/mol. The highest BCUT2D eigenvalue weighted by molar-refractivity contribution is 9.10. The van der Waals surface area contributed by atoms with Crippen LogP contribution in [0.4, 0.5) is 22.9 Å². The van der Waals surface area contributed by atoms with E-state index < -0.39 is 0 Å². The summed E-state index contributed by atoms with van der Waals surface area (Å²) in [6.45, 7) is 1.87. The molecule has 0 fully saturated rings. The maximum Gasteiger partial charge on any atom is 0.147 e. The fourth-order valence-corrected chi connectivity index (χ4v) is 2.95. The third-order valence-electron chi connectivity index (χ3n) is 3.34. The van der Waals surface area contributed by atoms with E-state index in [1.807, 2.05) is 6.07 Å². The molecule has 0 saturated carbocycles. The first-order chi connectivity index (χ1) is 9.16. The zero-order valence-electron chi connectivity index (χ0n) is 10.7. The normalized spacial score (nSPS) is 14.4. The monoisotopic (exact) mass is 318 g/mol. The molecule has 2 aromatic rings. The quantitative estimate of drug-likeness (QED) is 0.878. The highest BCUT2D eigenvalue weighted by Crippen LogP contribution is 2.38. The molecule has 98 valence electrons. The summed E-state index contributed by atoms with van der Waals surface area (Å²) >= 11 is 3.55. The summed E-state index contributed by atoms with van der Waals surface area (Å²) in [4.78, 5) is 8.94. The van der Waals surface area contributed by atoms with E-state index in [2.05, 4.69) is 62.0 Å². The lowest BCUT2D eigenvalue weighted by Gasteiger charge is -2.36. The number of fused-ring (bicyclic) bond motifs is 1. The third kappa shape index (κ3) is 2.14. The largest absolute Gasteiger partial charge is 0.397 e. The van der Waals surface area contributed by atoms with Gasteiger partial charge in [-0.2, -0.15) is 0 Å². The van der Waals surface area contributed by atoms with Crippen LogP contribution in [0.25, 0.3) is 0 Å². The van der Waals surface area contributed by atoms with Crippen molar-refractivity contribution < 1.29 is 0 Å². The van der Waals surface area contributed by atoms with Crippen molar-refractivity contribution in [3.8, 4) is 0 Å². The molecular formula is C14H15BrN4. The molecule has 0 bridgehead atoms. The summed E-state index contributed by atoms with van der Waals surface area (Å²) < 4.78 is 0.923. The Labute approximate surface area is 121 Å². The van der Waals surface area contributed by atoms with E-state index >= 15 is 0 Å². The Morgan fingerprint density at radius 3 is 2.68 bits per heavy atom. The van der Waals surface area contributed by atoms with Gasteiger partial charge in [0.2, 0.25) is 0 Å². The standard InChI is InChI=1S/C14H15BrN4/c1-18-6-7-19(13-5-3-2-4-12(13)18)14-11(15)8-10(16)9-17-14/h2-5,8-9H,6-7,16H2,1H3. The van der Waals surface area contributed by atoms with Gasteiger partial charge in [0.25, 0.3) is 0 Å². The number of nitrogens with zero attached hydrogens (tertiary/aromatic N) is 3. The van der Waals surface area contributed by atoms with E-state index in [1.165, 1.54) is 11.4 Å². The van der Waals surface area contributed by atoms with Crippen LogP contribution in [0.5, 0.6) is 0 Å². The molecule has 0 saturated heterocycles. The van der Waals surface area contributed by atoms with Crippen molar-refractivity contribution in [2.75, 3.05) is 35.7 Å². The second-order valence-corrected chi connectivity index (χ2v) is 5.49. The van der Waals surface area contributed by atoms with Crippen LogP contribution in [0, 0.1) is 0 Å². The second kappa shape index (κ2) is 4.74. The number of anilines is 4. The van der Waals surface area contributed by atoms with Crippen LogP contribution in [-0.2, 0) is 0 Å². The number of pyridine rings is 1. The van der Waals surface area contributed by atoms with Crippen LogP contribution >= 0.6 is 15.9 Å². The van der Waals surface area contributed by atoms with Crippen LogP contribution in [0.1, 0.15) is 0 Å². The fourth-order valence-electron chi connectivity index (χ4n) is 2.37. The lowest BCUT2D eigenvalue weighted by atomic mass is 10.1. The molecule has 1 aromatic carbocycles. The predicted octanol–water partition coefficient (Wildman–Crippen LogP) is 3.01. The Bertz CT molecular complexity index is 614. The van der Waals surface area contributed by atoms with Crippen LogP contribution in [0.15, 0.2) is 41.0 Å². The third-order valence-corrected chi connectivity index (χ3v) is 3.92. The summed E-state index contributed by atoms with van der Waals surface area (Å²) in [6, 6.07) is 10.3. The van der Waals surface area contributed by atoms with Crippen molar-refractivity contribution in [2.45, 2.75) is 0 Å². The van der Waals surface area contributed by atoms with Gasteiger partial charge in [0.15, 0.2) is 0 Å². The Morgan fingerprint density at radius 2 is 1.95 bits per heavy atom. The molecule has 2 heterocycles. The summed E-state index contributed by atoms with van der Waals surface area (Å²) in [5.41, 5.74) is 8.82. The van der Waals surface area contributed by atoms with Gasteiger partial charge in [-0.3, -0.25) is 0 Å². The van der Waals surface area contributed by atoms with E-state index in [0.717, 1.165) is 23.4 Å². The first-order valence-electron chi connectivity index (χ1n) is 6.15. The van der Waals surface area contributed by atoms with Crippen molar-refractivity contribution in [1.29, 1.82) is 0 Å². The molecule has 0 amide bonds. The van der Waals surface area contributed by atoms with Gasteiger partial charge in [0.1, 0.15) is 5.82 Å². The molecular weight excluding hydrogens is 304 g/mol. The highest BCUT2D eigenvalue weighted by Gasteiger charge is 2.23. The first kappa shape index (κ1) is 12.3. The Hall–Kier alpha value is -1.75. The van der Waals surface area contributed by atoms with Gasteiger partial charge in [-0.05, 0) is 34.1 Å². The number of para-hydroxylation sites is 2. The molecule has 5 heteroatoms. The maximum absolute atomic E-state index is 5.75. The molecule has 4 nitrogen and oxygen atoms in total. The van der Waals surface area contributed by atoms with Crippen molar-refractivity contribution in [1.82, 2.24) is 4.98 Å². The van der Waals surface area contributed by atoms with Crippen LogP contribution in [-0.4, -0.2) is 25.1 Å². The Balaban J connectivity index is 2.09. The number of halogens is 1. The Kier molecular flexibility index (Phi) is 3.06. The average molecular weight is 319 g/mol. The fraction of sp³-hybridized carbons (Fsp3) is 0.214. The van der Waals surface area contributed by atoms with E-state index in [1.54, 1.807) is 6.20 Å². The van der Waals surface area contributed by atoms with E-state index in [-0.39, 0.29) is 0 Å². The highest BCUT2D eigenvalue weighted by atomic mass is 79.9. The molecule has 2 N–H and O–H groups in total. The smallest absolute Gasteiger partial charge is 0.147 e. The number of hydrogen-bond acceptors (Lipinski definition) is 4. The van der Waals surface area contributed by atoms with Crippen molar-refractivity contribution >= 4 is 38.8 Å². The first-order valence-corrected chi connectivity index (χ1v) is 6.95. The van der Waals surface area contributed by atoms with Crippen molar-refractivity contribution in [3.63, 3.8) is 0 Å². The zero-order chi connectivity index (χ0) is 13.4. The minimum absolute atomic E-state index is 0.665. The van der Waals surface area contributed by atoms with E-state index in [4.69, 9.17) is 5.73 Å². The van der Waals surface area contributed by atoms with Gasteiger partial charge in [0.05, 0.1) is 27.7 Å². The molecule has 1 aromatic heterocycles. The number of nitrogen functional groups attached to an aromatic ring is 1. The van der Waals surface area contributed by atoms with Crippen LogP contribution < -0.4 is 15.5 Å². The summed E-state index contributed by atoms with van der Waals surface area (Å²) in [6.07, 6.45) is 1.70. The number of aromatic nitrogens is 1. The van der Waals surface area contributed by atoms with Gasteiger partial charge in [0, 0.05) is 20.1 Å². The van der Waals surface area contributed by atoms with E-state index in [0.29, 0.717) is 5.69 Å². The minimum atomic E-state index is 0.665. The van der Waals surface area contributed by atoms with Gasteiger partial charge >= 0.3 is 0 Å². The molecule has 0 atom stereocenters. The topological polar surface area (TPSA) is 45.4 Å². The molecule has 0 spiro atoms. The number of hydrogen-bond donors (Lipinski definition) is 1. The van der Waals surface area contributed by atoms with Crippen LogP contribution in [0.2, 0.25) is 0 Å². The van der Waals surface area contributed by atoms with Crippen LogP contribution in [0.3, 0.4) is 0 Å². The number of nitrogens with two attached hydrogens (primary N) is 1. The summed E-state index contributed by atoms with van der Waals surface area (Å²) in [5, 5.41) is 0. The molecule has 1 aliphatic rings. The van der Waals surface area contributed by atoms with Gasteiger partial charge in [-0.15, -0.1) is 0 Å². The maximum atomic E-state index is 5.75. The molecule has 0 unspecified atom stereocenters. The molecule has 0 radical (unpaired) electrons. The Morgan fingerprint density at radius 1 is 1.21 bits per heavy atom. The molecule has 1 aliphatic heterocycles. The van der Waals surface area contributed by atoms with Gasteiger partial charge in [-0.1, -0.05) is 12.1 Å². The molecule has 3 rings (SSSR count). The lowest BCUT2D eigenvalue weighted by Crippen LogP contribution is -2.36. The molecule has 0 aliphatic carbocycles. The second-order valence-electron chi connectivity index (χ2n) is 4.64. The summed E-state index contributed by atoms with van der Waals surface area (Å²) in [7, 11) is 2.11. The zero-order valence-corrected chi connectivity index (χ0v) is 12.3. The average Bonchev–Trinajstić information content (AvgIpc) is 2.41. The SMILES string of the molecule is CN1CCN(c2ncc(N)cc2Br)c2ccccc21. The summed E-state index contributed by atoms with van der Waals surface area (Å²) in [5.74, 6) is 0.912. The number of benzene rings is 1. The van der Waals surface area contributed by atoms with E-state index in [9.17, 15) is 0 Å². The number of likely N-dealkylation sites (N-methyl/N-ethyl adjacent to an activating group) is 1. The molecule has 19 heavy (non-hydrogen) atoms. The van der Waals surface area contributed by atoms with Crippen molar-refractivity contribution in [3.05, 3.63) is 41.0 Å². The lowest BCUT2D eigenvalue weighted by molar-refractivity contribution is 0.812. The van der Waals surface area contributed by atoms with Crippen molar-refractivity contribution in [2.24, 2.45) is 0 Å².